The van der Waals surface area contributed by atoms with Crippen molar-refractivity contribution in [3.63, 3.8) is 0 Å². The summed E-state index contributed by atoms with van der Waals surface area (Å²) in [6, 6.07) is 5.12. The zero-order chi connectivity index (χ0) is 10.6. The highest BCUT2D eigenvalue weighted by atomic mass is 79.9. The fourth-order valence-corrected chi connectivity index (χ4v) is 1.53. The lowest BCUT2D eigenvalue weighted by Gasteiger charge is -2.10. The molecule has 1 rings (SSSR count). The molecule has 0 aliphatic heterocycles. The maximum atomic E-state index is 11.9. The Morgan fingerprint density at radius 1 is 1.43 bits per heavy atom. The van der Waals surface area contributed by atoms with Gasteiger partial charge in [0.1, 0.15) is 12.4 Å². The van der Waals surface area contributed by atoms with E-state index in [1.807, 2.05) is 0 Å². The Morgan fingerprint density at radius 2 is 2.14 bits per heavy atom. The van der Waals surface area contributed by atoms with Gasteiger partial charge in [0.05, 0.1) is 0 Å². The third kappa shape index (κ3) is 2.92. The molecule has 0 aliphatic rings. The Kier molecular flexibility index (Phi) is 4.28. The summed E-state index contributed by atoms with van der Waals surface area (Å²) >= 11 is 3.27. The second kappa shape index (κ2) is 5.26. The zero-order valence-corrected chi connectivity index (χ0v) is 8.93. The van der Waals surface area contributed by atoms with Gasteiger partial charge in [0, 0.05) is 16.6 Å². The van der Waals surface area contributed by atoms with Gasteiger partial charge in [-0.1, -0.05) is 22.0 Å². The summed E-state index contributed by atoms with van der Waals surface area (Å²) in [5.74, 6) is 0.405. The van der Waals surface area contributed by atoms with Crippen LogP contribution in [-0.4, -0.2) is 13.0 Å². The maximum Gasteiger partial charge on any atom is 0.272 e. The second-order valence-corrected chi connectivity index (χ2v) is 3.48. The Bertz CT molecular complexity index is 307. The van der Waals surface area contributed by atoms with Gasteiger partial charge in [-0.3, -0.25) is 0 Å². The van der Waals surface area contributed by atoms with Crippen molar-refractivity contribution in [2.75, 3.05) is 6.61 Å². The van der Waals surface area contributed by atoms with Crippen LogP contribution in [0.4, 0.5) is 8.78 Å². The fourth-order valence-electron chi connectivity index (χ4n) is 1.02. The van der Waals surface area contributed by atoms with E-state index in [0.29, 0.717) is 11.3 Å². The summed E-state index contributed by atoms with van der Waals surface area (Å²) in [5.41, 5.74) is 6.16. The van der Waals surface area contributed by atoms with Crippen molar-refractivity contribution in [1.82, 2.24) is 0 Å². The first-order valence-corrected chi connectivity index (χ1v) is 4.83. The Hall–Kier alpha value is -0.680. The molecule has 0 bridgehead atoms. The minimum atomic E-state index is -2.47. The van der Waals surface area contributed by atoms with Gasteiger partial charge in [-0.25, -0.2) is 8.78 Å². The van der Waals surface area contributed by atoms with Gasteiger partial charge in [-0.2, -0.15) is 0 Å². The highest BCUT2D eigenvalue weighted by Gasteiger charge is 2.08. The number of ether oxygens (including phenoxy) is 1. The second-order valence-electron chi connectivity index (χ2n) is 2.62. The molecular formula is C9H10BrF2NO. The van der Waals surface area contributed by atoms with E-state index in [9.17, 15) is 8.78 Å². The van der Waals surface area contributed by atoms with Crippen molar-refractivity contribution in [2.24, 2.45) is 5.73 Å². The van der Waals surface area contributed by atoms with Crippen LogP contribution in [0.1, 0.15) is 5.56 Å². The minimum Gasteiger partial charge on any atom is -0.487 e. The first-order valence-electron chi connectivity index (χ1n) is 4.03. The van der Waals surface area contributed by atoms with Crippen molar-refractivity contribution < 1.29 is 13.5 Å². The number of hydrogen-bond acceptors (Lipinski definition) is 2. The van der Waals surface area contributed by atoms with E-state index in [-0.39, 0.29) is 6.54 Å². The third-order valence-electron chi connectivity index (χ3n) is 1.64. The van der Waals surface area contributed by atoms with Crippen LogP contribution in [-0.2, 0) is 6.54 Å². The molecule has 1 aromatic rings. The molecule has 1 aromatic carbocycles. The molecule has 0 spiro atoms. The number of halogens is 3. The van der Waals surface area contributed by atoms with E-state index in [2.05, 4.69) is 15.9 Å². The maximum absolute atomic E-state index is 11.9. The van der Waals surface area contributed by atoms with Crippen LogP contribution in [0.25, 0.3) is 0 Å². The van der Waals surface area contributed by atoms with Crippen molar-refractivity contribution in [1.29, 1.82) is 0 Å². The number of nitrogens with two attached hydrogens (primary N) is 1. The largest absolute Gasteiger partial charge is 0.487 e. The highest BCUT2D eigenvalue weighted by Crippen LogP contribution is 2.26. The van der Waals surface area contributed by atoms with E-state index in [1.165, 1.54) is 0 Å². The average Bonchev–Trinajstić information content (AvgIpc) is 2.14. The molecular weight excluding hydrogens is 256 g/mol. The summed E-state index contributed by atoms with van der Waals surface area (Å²) in [5, 5.41) is 0. The Morgan fingerprint density at radius 3 is 2.71 bits per heavy atom. The molecule has 0 aromatic heterocycles. The Labute approximate surface area is 89.2 Å². The molecule has 0 atom stereocenters. The van der Waals surface area contributed by atoms with E-state index < -0.39 is 13.0 Å². The number of rotatable bonds is 4. The number of benzene rings is 1. The van der Waals surface area contributed by atoms with Gasteiger partial charge in [0.25, 0.3) is 6.43 Å². The van der Waals surface area contributed by atoms with Gasteiger partial charge in [-0.15, -0.1) is 0 Å². The summed E-state index contributed by atoms with van der Waals surface area (Å²) in [6.45, 7) is -0.358. The lowest BCUT2D eigenvalue weighted by atomic mass is 10.2. The first kappa shape index (κ1) is 11.4. The van der Waals surface area contributed by atoms with Gasteiger partial charge in [-0.05, 0) is 12.1 Å². The van der Waals surface area contributed by atoms with Crippen LogP contribution in [0.2, 0.25) is 0 Å². The molecule has 14 heavy (non-hydrogen) atoms. The highest BCUT2D eigenvalue weighted by molar-refractivity contribution is 9.10. The minimum absolute atomic E-state index is 0.250. The summed E-state index contributed by atoms with van der Waals surface area (Å²) in [7, 11) is 0. The molecule has 0 amide bonds. The van der Waals surface area contributed by atoms with Crippen molar-refractivity contribution in [3.05, 3.63) is 28.2 Å². The molecule has 78 valence electrons. The van der Waals surface area contributed by atoms with Crippen molar-refractivity contribution >= 4 is 15.9 Å². The first-order chi connectivity index (χ1) is 6.65. The quantitative estimate of drug-likeness (QED) is 0.908. The predicted octanol–water partition coefficient (Wildman–Crippen LogP) is 2.55. The van der Waals surface area contributed by atoms with E-state index in [4.69, 9.17) is 10.5 Å². The molecule has 0 saturated carbocycles. The van der Waals surface area contributed by atoms with Crippen molar-refractivity contribution in [3.8, 4) is 5.75 Å². The van der Waals surface area contributed by atoms with E-state index >= 15 is 0 Å². The van der Waals surface area contributed by atoms with Crippen LogP contribution in [0.5, 0.6) is 5.75 Å². The van der Waals surface area contributed by atoms with Crippen LogP contribution < -0.4 is 10.5 Å². The van der Waals surface area contributed by atoms with E-state index in [1.54, 1.807) is 18.2 Å². The molecule has 0 unspecified atom stereocenters. The van der Waals surface area contributed by atoms with Crippen molar-refractivity contribution in [2.45, 2.75) is 13.0 Å². The summed E-state index contributed by atoms with van der Waals surface area (Å²) in [4.78, 5) is 0. The Balaban J connectivity index is 2.80. The summed E-state index contributed by atoms with van der Waals surface area (Å²) in [6.07, 6.45) is -2.47. The monoisotopic (exact) mass is 265 g/mol. The predicted molar refractivity (Wildman–Crippen MR) is 53.5 cm³/mol. The topological polar surface area (TPSA) is 35.2 Å². The molecule has 0 heterocycles. The molecule has 0 aliphatic carbocycles. The number of hydrogen-bond donors (Lipinski definition) is 1. The van der Waals surface area contributed by atoms with Crippen LogP contribution in [0.3, 0.4) is 0 Å². The fraction of sp³-hybridized carbons (Fsp3) is 0.333. The van der Waals surface area contributed by atoms with Gasteiger partial charge >= 0.3 is 0 Å². The third-order valence-corrected chi connectivity index (χ3v) is 2.39. The zero-order valence-electron chi connectivity index (χ0n) is 7.34. The van der Waals surface area contributed by atoms with Crippen LogP contribution >= 0.6 is 15.9 Å². The smallest absolute Gasteiger partial charge is 0.272 e. The van der Waals surface area contributed by atoms with Crippen LogP contribution in [0.15, 0.2) is 22.7 Å². The molecule has 5 heteroatoms. The van der Waals surface area contributed by atoms with Gasteiger partial charge in [0.15, 0.2) is 0 Å². The van der Waals surface area contributed by atoms with E-state index in [0.717, 1.165) is 4.47 Å². The molecule has 0 radical (unpaired) electrons. The lowest BCUT2D eigenvalue weighted by Crippen LogP contribution is -2.10. The SMILES string of the molecule is NCc1c(Br)cccc1OCC(F)F. The van der Waals surface area contributed by atoms with Crippen LogP contribution in [0, 0.1) is 0 Å². The van der Waals surface area contributed by atoms with Gasteiger partial charge in [0.2, 0.25) is 0 Å². The standard InChI is InChI=1S/C9H10BrF2NO/c10-7-2-1-3-8(6(7)4-13)14-5-9(11)12/h1-3,9H,4-5,13H2. The lowest BCUT2D eigenvalue weighted by molar-refractivity contribution is 0.0814. The summed E-state index contributed by atoms with van der Waals surface area (Å²) < 4.78 is 29.5. The normalized spacial score (nSPS) is 10.6. The average molecular weight is 266 g/mol. The molecule has 0 saturated heterocycles. The molecule has 2 nitrogen and oxygen atoms in total. The molecule has 2 N–H and O–H groups in total. The van der Waals surface area contributed by atoms with Gasteiger partial charge < -0.3 is 10.5 Å². The number of alkyl halides is 2. The molecule has 0 fully saturated rings.